The second-order valence-corrected chi connectivity index (χ2v) is 2.95. The van der Waals surface area contributed by atoms with Crippen molar-refractivity contribution in [2.75, 3.05) is 24.7 Å². The average molecular weight is 179 g/mol. The Bertz CT molecular complexity index is 260. The number of anilines is 2. The van der Waals surface area contributed by atoms with Crippen LogP contribution >= 0.6 is 0 Å². The van der Waals surface area contributed by atoms with Gasteiger partial charge in [-0.2, -0.15) is 0 Å². The van der Waals surface area contributed by atoms with Crippen LogP contribution in [0.4, 0.5) is 11.4 Å². The molecule has 0 heterocycles. The van der Waals surface area contributed by atoms with Crippen LogP contribution in [0.2, 0.25) is 0 Å². The van der Waals surface area contributed by atoms with Crippen LogP contribution in [-0.2, 0) is 0 Å². The largest absolute Gasteiger partial charge is 0.386 e. The Balaban J connectivity index is 2.74. The lowest BCUT2D eigenvalue weighted by Gasteiger charge is -2.16. The highest BCUT2D eigenvalue weighted by Crippen LogP contribution is 2.20. The zero-order valence-electron chi connectivity index (χ0n) is 8.39. The van der Waals surface area contributed by atoms with Gasteiger partial charge in [-0.05, 0) is 26.1 Å². The van der Waals surface area contributed by atoms with Gasteiger partial charge in [-0.25, -0.2) is 0 Å². The lowest BCUT2D eigenvalue weighted by Crippen LogP contribution is -2.29. The standard InChI is InChI=1S/C10H17N3/c1-8(11-2)13-10-7-5-4-6-9(10)12-3/h4-8,11-13H,1-3H3. The summed E-state index contributed by atoms with van der Waals surface area (Å²) in [5, 5.41) is 9.60. The summed E-state index contributed by atoms with van der Waals surface area (Å²) < 4.78 is 0. The molecule has 1 aromatic rings. The molecule has 0 radical (unpaired) electrons. The quantitative estimate of drug-likeness (QED) is 0.616. The molecular formula is C10H17N3. The van der Waals surface area contributed by atoms with Gasteiger partial charge in [-0.15, -0.1) is 0 Å². The Labute approximate surface area is 79.5 Å². The van der Waals surface area contributed by atoms with E-state index < -0.39 is 0 Å². The molecule has 3 nitrogen and oxygen atoms in total. The monoisotopic (exact) mass is 179 g/mol. The molecule has 0 aromatic heterocycles. The molecule has 0 saturated carbocycles. The van der Waals surface area contributed by atoms with Crippen molar-refractivity contribution in [1.82, 2.24) is 5.32 Å². The maximum absolute atomic E-state index is 3.34. The fourth-order valence-electron chi connectivity index (χ4n) is 1.13. The molecule has 1 rings (SSSR count). The smallest absolute Gasteiger partial charge is 0.0737 e. The van der Waals surface area contributed by atoms with Gasteiger partial charge in [0, 0.05) is 7.05 Å². The number of hydrogen-bond acceptors (Lipinski definition) is 3. The maximum atomic E-state index is 3.34. The Morgan fingerprint density at radius 1 is 1.08 bits per heavy atom. The first kappa shape index (κ1) is 9.86. The maximum Gasteiger partial charge on any atom is 0.0737 e. The molecule has 0 aliphatic rings. The van der Waals surface area contributed by atoms with Crippen molar-refractivity contribution in [2.24, 2.45) is 0 Å². The third-order valence-corrected chi connectivity index (χ3v) is 2.00. The molecule has 0 aliphatic carbocycles. The van der Waals surface area contributed by atoms with Gasteiger partial charge in [-0.1, -0.05) is 12.1 Å². The average Bonchev–Trinajstić information content (AvgIpc) is 2.18. The molecule has 1 aromatic carbocycles. The normalized spacial score (nSPS) is 12.2. The minimum Gasteiger partial charge on any atom is -0.386 e. The van der Waals surface area contributed by atoms with Gasteiger partial charge in [-0.3, -0.25) is 0 Å². The molecule has 3 N–H and O–H groups in total. The molecule has 3 heteroatoms. The van der Waals surface area contributed by atoms with Gasteiger partial charge < -0.3 is 16.0 Å². The van der Waals surface area contributed by atoms with Crippen LogP contribution in [-0.4, -0.2) is 20.3 Å². The molecule has 0 fully saturated rings. The van der Waals surface area contributed by atoms with E-state index in [0.29, 0.717) is 0 Å². The Morgan fingerprint density at radius 3 is 2.23 bits per heavy atom. The summed E-state index contributed by atoms with van der Waals surface area (Å²) in [5.74, 6) is 0. The molecule has 0 amide bonds. The highest BCUT2D eigenvalue weighted by atomic mass is 15.1. The lowest BCUT2D eigenvalue weighted by atomic mass is 10.2. The molecule has 1 atom stereocenters. The molecule has 72 valence electrons. The fourth-order valence-corrected chi connectivity index (χ4v) is 1.13. The van der Waals surface area contributed by atoms with E-state index in [2.05, 4.69) is 28.9 Å². The molecular weight excluding hydrogens is 162 g/mol. The van der Waals surface area contributed by atoms with Crippen molar-refractivity contribution in [3.63, 3.8) is 0 Å². The van der Waals surface area contributed by atoms with Crippen LogP contribution < -0.4 is 16.0 Å². The van der Waals surface area contributed by atoms with Crippen LogP contribution in [0, 0.1) is 0 Å². The van der Waals surface area contributed by atoms with Gasteiger partial charge in [0.25, 0.3) is 0 Å². The Kier molecular flexibility index (Phi) is 3.58. The van der Waals surface area contributed by atoms with Gasteiger partial charge in [0.1, 0.15) is 0 Å². The van der Waals surface area contributed by atoms with Crippen LogP contribution in [0.3, 0.4) is 0 Å². The Morgan fingerprint density at radius 2 is 1.69 bits per heavy atom. The summed E-state index contributed by atoms with van der Waals surface area (Å²) in [6.07, 6.45) is 0.273. The minimum absolute atomic E-state index is 0.273. The summed E-state index contributed by atoms with van der Waals surface area (Å²) >= 11 is 0. The molecule has 1 unspecified atom stereocenters. The van der Waals surface area contributed by atoms with Gasteiger partial charge in [0.15, 0.2) is 0 Å². The predicted molar refractivity (Wildman–Crippen MR) is 58.1 cm³/mol. The van der Waals surface area contributed by atoms with E-state index in [9.17, 15) is 0 Å². The van der Waals surface area contributed by atoms with E-state index in [1.165, 1.54) is 0 Å². The summed E-state index contributed by atoms with van der Waals surface area (Å²) in [5.41, 5.74) is 2.23. The summed E-state index contributed by atoms with van der Waals surface area (Å²) in [7, 11) is 3.85. The van der Waals surface area contributed by atoms with Crippen molar-refractivity contribution in [2.45, 2.75) is 13.1 Å². The Hall–Kier alpha value is -1.22. The van der Waals surface area contributed by atoms with Crippen molar-refractivity contribution in [1.29, 1.82) is 0 Å². The predicted octanol–water partition coefficient (Wildman–Crippen LogP) is 1.71. The second kappa shape index (κ2) is 4.72. The van der Waals surface area contributed by atoms with Crippen molar-refractivity contribution in [3.8, 4) is 0 Å². The highest BCUT2D eigenvalue weighted by molar-refractivity contribution is 5.68. The van der Waals surface area contributed by atoms with Crippen molar-refractivity contribution < 1.29 is 0 Å². The van der Waals surface area contributed by atoms with Crippen molar-refractivity contribution >= 4 is 11.4 Å². The first-order valence-electron chi connectivity index (χ1n) is 4.48. The van der Waals surface area contributed by atoms with Crippen LogP contribution in [0.15, 0.2) is 24.3 Å². The number of hydrogen-bond donors (Lipinski definition) is 3. The number of nitrogens with one attached hydrogen (secondary N) is 3. The number of rotatable bonds is 4. The molecule has 0 saturated heterocycles. The summed E-state index contributed by atoms with van der Waals surface area (Å²) in [6.45, 7) is 2.08. The number of benzene rings is 1. The highest BCUT2D eigenvalue weighted by Gasteiger charge is 2.01. The van der Waals surface area contributed by atoms with E-state index in [-0.39, 0.29) is 6.17 Å². The SMILES string of the molecule is CNc1ccccc1NC(C)NC. The summed E-state index contributed by atoms with van der Waals surface area (Å²) in [4.78, 5) is 0. The third kappa shape index (κ3) is 2.63. The van der Waals surface area contributed by atoms with E-state index in [1.807, 2.05) is 32.3 Å². The second-order valence-electron chi connectivity index (χ2n) is 2.95. The topological polar surface area (TPSA) is 36.1 Å². The first-order valence-corrected chi connectivity index (χ1v) is 4.48. The zero-order chi connectivity index (χ0) is 9.68. The third-order valence-electron chi connectivity index (χ3n) is 2.00. The number of para-hydroxylation sites is 2. The van der Waals surface area contributed by atoms with Gasteiger partial charge in [0.05, 0.1) is 17.5 Å². The molecule has 13 heavy (non-hydrogen) atoms. The molecule has 0 spiro atoms. The van der Waals surface area contributed by atoms with Crippen LogP contribution in [0.5, 0.6) is 0 Å². The fraction of sp³-hybridized carbons (Fsp3) is 0.400. The van der Waals surface area contributed by atoms with Gasteiger partial charge in [0.2, 0.25) is 0 Å². The van der Waals surface area contributed by atoms with Crippen LogP contribution in [0.25, 0.3) is 0 Å². The van der Waals surface area contributed by atoms with E-state index >= 15 is 0 Å². The molecule has 0 bridgehead atoms. The van der Waals surface area contributed by atoms with E-state index in [1.54, 1.807) is 0 Å². The minimum atomic E-state index is 0.273. The lowest BCUT2D eigenvalue weighted by molar-refractivity contribution is 0.683. The first-order chi connectivity index (χ1) is 6.27. The van der Waals surface area contributed by atoms with E-state index in [0.717, 1.165) is 11.4 Å². The summed E-state index contributed by atoms with van der Waals surface area (Å²) in [6, 6.07) is 8.14. The molecule has 0 aliphatic heterocycles. The van der Waals surface area contributed by atoms with Crippen LogP contribution in [0.1, 0.15) is 6.92 Å². The van der Waals surface area contributed by atoms with E-state index in [4.69, 9.17) is 0 Å². The van der Waals surface area contributed by atoms with Crippen molar-refractivity contribution in [3.05, 3.63) is 24.3 Å². The van der Waals surface area contributed by atoms with Gasteiger partial charge >= 0.3 is 0 Å². The zero-order valence-corrected chi connectivity index (χ0v) is 8.39.